The van der Waals surface area contributed by atoms with Crippen molar-refractivity contribution in [2.24, 2.45) is 0 Å². The zero-order valence-electron chi connectivity index (χ0n) is 17.6. The summed E-state index contributed by atoms with van der Waals surface area (Å²) in [5.74, 6) is -1.98. The summed E-state index contributed by atoms with van der Waals surface area (Å²) in [4.78, 5) is 32.2. The van der Waals surface area contributed by atoms with Gasteiger partial charge in [0, 0.05) is 0 Å². The second-order valence-corrected chi connectivity index (χ2v) is 8.43. The van der Waals surface area contributed by atoms with Crippen molar-refractivity contribution in [2.75, 3.05) is 11.5 Å². The minimum Gasteiger partial charge on any atom is -0.503 e. The van der Waals surface area contributed by atoms with Crippen molar-refractivity contribution in [1.82, 2.24) is 4.98 Å². The van der Waals surface area contributed by atoms with Gasteiger partial charge in [-0.15, -0.1) is 0 Å². The van der Waals surface area contributed by atoms with Gasteiger partial charge in [-0.3, -0.25) is 14.5 Å². The number of benzene rings is 2. The molecule has 1 unspecified atom stereocenters. The Morgan fingerprint density at radius 2 is 2.06 bits per heavy atom. The lowest BCUT2D eigenvalue weighted by molar-refractivity contribution is -0.117. The van der Waals surface area contributed by atoms with Crippen molar-refractivity contribution in [3.63, 3.8) is 0 Å². The standard InChI is InChI=1S/C25H17FN2O5S/c1-2-11-32-16-8-5-14(6-9-16)21-20(22(29)18-4-3-12-33-18)23(30)24(31)28(21)25-27-17-10-7-15(26)13-19(17)34-25/h2-10,12-13,21,30H,1,11H2. The zero-order valence-corrected chi connectivity index (χ0v) is 18.4. The first-order valence-electron chi connectivity index (χ1n) is 10.2. The largest absolute Gasteiger partial charge is 0.503 e. The Morgan fingerprint density at radius 3 is 2.76 bits per heavy atom. The Morgan fingerprint density at radius 1 is 1.26 bits per heavy atom. The maximum absolute atomic E-state index is 13.7. The van der Waals surface area contributed by atoms with Gasteiger partial charge in [0.2, 0.25) is 5.78 Å². The quantitative estimate of drug-likeness (QED) is 0.285. The van der Waals surface area contributed by atoms with Gasteiger partial charge in [-0.2, -0.15) is 0 Å². The molecule has 0 saturated heterocycles. The summed E-state index contributed by atoms with van der Waals surface area (Å²) in [6, 6.07) is 12.9. The van der Waals surface area contributed by atoms with Crippen LogP contribution in [0.15, 0.2) is 89.3 Å². The Bertz CT molecular complexity index is 1440. The second-order valence-electron chi connectivity index (χ2n) is 7.42. The number of nitrogens with zero attached hydrogens (tertiary/aromatic N) is 2. The zero-order chi connectivity index (χ0) is 23.8. The van der Waals surface area contributed by atoms with Gasteiger partial charge in [-0.25, -0.2) is 9.37 Å². The van der Waals surface area contributed by atoms with E-state index in [1.807, 2.05) is 0 Å². The van der Waals surface area contributed by atoms with Gasteiger partial charge < -0.3 is 14.3 Å². The Kier molecular flexibility index (Phi) is 5.46. The van der Waals surface area contributed by atoms with Crippen molar-refractivity contribution in [3.05, 3.63) is 102 Å². The van der Waals surface area contributed by atoms with Crippen LogP contribution in [0, 0.1) is 5.82 Å². The van der Waals surface area contributed by atoms with E-state index in [1.165, 1.54) is 35.4 Å². The molecule has 1 amide bonds. The third kappa shape index (κ3) is 3.65. The monoisotopic (exact) mass is 476 g/mol. The number of furan rings is 1. The number of rotatable bonds is 7. The van der Waals surface area contributed by atoms with Crippen molar-refractivity contribution in [1.29, 1.82) is 0 Å². The first-order chi connectivity index (χ1) is 16.5. The summed E-state index contributed by atoms with van der Waals surface area (Å²) in [7, 11) is 0. The molecule has 2 aromatic heterocycles. The van der Waals surface area contributed by atoms with Crippen LogP contribution < -0.4 is 9.64 Å². The minimum atomic E-state index is -0.982. The average molecular weight is 476 g/mol. The fourth-order valence-corrected chi connectivity index (χ4v) is 4.80. The van der Waals surface area contributed by atoms with Crippen LogP contribution in [-0.4, -0.2) is 28.4 Å². The third-order valence-electron chi connectivity index (χ3n) is 5.31. The predicted molar refractivity (Wildman–Crippen MR) is 125 cm³/mol. The van der Waals surface area contributed by atoms with E-state index >= 15 is 0 Å². The Labute approximate surface area is 197 Å². The number of carbonyl (C=O) groups is 2. The third-order valence-corrected chi connectivity index (χ3v) is 6.32. The van der Waals surface area contributed by atoms with Gasteiger partial charge in [0.25, 0.3) is 5.91 Å². The highest BCUT2D eigenvalue weighted by atomic mass is 32.1. The number of ketones is 1. The predicted octanol–water partition coefficient (Wildman–Crippen LogP) is 5.38. The molecule has 0 radical (unpaired) electrons. The summed E-state index contributed by atoms with van der Waals surface area (Å²) < 4.78 is 25.0. The van der Waals surface area contributed by atoms with E-state index < -0.39 is 29.3 Å². The summed E-state index contributed by atoms with van der Waals surface area (Å²) in [6.45, 7) is 3.93. The van der Waals surface area contributed by atoms with E-state index in [1.54, 1.807) is 36.4 Å². The lowest BCUT2D eigenvalue weighted by Gasteiger charge is -2.24. The number of fused-ring (bicyclic) bond motifs is 1. The van der Waals surface area contributed by atoms with Crippen LogP contribution in [0.1, 0.15) is 22.2 Å². The molecular weight excluding hydrogens is 459 g/mol. The highest BCUT2D eigenvalue weighted by Gasteiger charge is 2.46. The number of thiazole rings is 1. The first-order valence-corrected chi connectivity index (χ1v) is 11.0. The molecule has 0 aliphatic carbocycles. The van der Waals surface area contributed by atoms with Crippen LogP contribution in [0.4, 0.5) is 9.52 Å². The average Bonchev–Trinajstić information content (AvgIpc) is 3.56. The van der Waals surface area contributed by atoms with Gasteiger partial charge >= 0.3 is 0 Å². The van der Waals surface area contributed by atoms with Crippen LogP contribution in [0.2, 0.25) is 0 Å². The summed E-state index contributed by atoms with van der Waals surface area (Å²) in [5, 5.41) is 11.0. The van der Waals surface area contributed by atoms with Gasteiger partial charge in [0.1, 0.15) is 18.2 Å². The number of halogens is 1. The molecule has 0 saturated carbocycles. The fourth-order valence-electron chi connectivity index (χ4n) is 3.78. The molecule has 1 aliphatic rings. The maximum Gasteiger partial charge on any atom is 0.296 e. The second kappa shape index (κ2) is 8.60. The van der Waals surface area contributed by atoms with Crippen molar-refractivity contribution in [2.45, 2.75) is 6.04 Å². The molecule has 7 nitrogen and oxygen atoms in total. The van der Waals surface area contributed by atoms with E-state index in [0.29, 0.717) is 28.1 Å². The smallest absolute Gasteiger partial charge is 0.296 e. The van der Waals surface area contributed by atoms with Crippen LogP contribution in [0.25, 0.3) is 10.2 Å². The number of amides is 1. The molecule has 4 aromatic rings. The molecule has 0 fully saturated rings. The number of ether oxygens (including phenoxy) is 1. The van der Waals surface area contributed by atoms with Crippen molar-refractivity contribution >= 4 is 38.4 Å². The molecule has 170 valence electrons. The summed E-state index contributed by atoms with van der Waals surface area (Å²) >= 11 is 1.08. The van der Waals surface area contributed by atoms with Gasteiger partial charge in [0.05, 0.1) is 28.1 Å². The van der Waals surface area contributed by atoms with E-state index in [4.69, 9.17) is 9.15 Å². The molecule has 5 rings (SSSR count). The molecule has 2 aromatic carbocycles. The molecule has 3 heterocycles. The number of anilines is 1. The number of aliphatic hydroxyl groups excluding tert-OH is 1. The highest BCUT2D eigenvalue weighted by molar-refractivity contribution is 7.22. The lowest BCUT2D eigenvalue weighted by atomic mass is 9.95. The number of Topliss-reactive ketones (excluding diaryl/α,β-unsaturated/α-hetero) is 1. The van der Waals surface area contributed by atoms with E-state index in [0.717, 1.165) is 11.3 Å². The van der Waals surface area contributed by atoms with Gasteiger partial charge in [0.15, 0.2) is 16.7 Å². The molecule has 0 spiro atoms. The minimum absolute atomic E-state index is 0.0153. The van der Waals surface area contributed by atoms with Crippen LogP contribution >= 0.6 is 11.3 Å². The SMILES string of the molecule is C=CCOc1ccc(C2C(C(=O)c3ccco3)=C(O)C(=O)N2c2nc3ccc(F)cc3s2)cc1. The molecule has 0 bridgehead atoms. The molecule has 34 heavy (non-hydrogen) atoms. The number of aromatic nitrogens is 1. The number of hydrogen-bond donors (Lipinski definition) is 1. The van der Waals surface area contributed by atoms with Crippen LogP contribution in [0.5, 0.6) is 5.75 Å². The topological polar surface area (TPSA) is 92.9 Å². The molecular formula is C25H17FN2O5S. The Balaban J connectivity index is 1.63. The van der Waals surface area contributed by atoms with E-state index in [-0.39, 0.29) is 16.5 Å². The summed E-state index contributed by atoms with van der Waals surface area (Å²) in [5.41, 5.74) is 0.903. The fraction of sp³-hybridized carbons (Fsp3) is 0.0800. The lowest BCUT2D eigenvalue weighted by Crippen LogP contribution is -2.30. The van der Waals surface area contributed by atoms with Crippen molar-refractivity contribution in [3.8, 4) is 5.75 Å². The molecule has 9 heteroatoms. The first kappa shape index (κ1) is 21.6. The number of carbonyl (C=O) groups excluding carboxylic acids is 2. The van der Waals surface area contributed by atoms with Crippen molar-refractivity contribution < 1.29 is 28.2 Å². The molecule has 1 atom stereocenters. The van der Waals surface area contributed by atoms with Crippen LogP contribution in [0.3, 0.4) is 0 Å². The summed E-state index contributed by atoms with van der Waals surface area (Å²) in [6.07, 6.45) is 2.95. The van der Waals surface area contributed by atoms with Crippen LogP contribution in [-0.2, 0) is 4.79 Å². The highest BCUT2D eigenvalue weighted by Crippen LogP contribution is 2.44. The van der Waals surface area contributed by atoms with E-state index in [2.05, 4.69) is 11.6 Å². The normalized spacial score (nSPS) is 15.9. The Hall–Kier alpha value is -4.24. The van der Waals surface area contributed by atoms with E-state index in [9.17, 15) is 19.1 Å². The van der Waals surface area contributed by atoms with Gasteiger partial charge in [-0.1, -0.05) is 36.1 Å². The maximum atomic E-state index is 13.7. The number of hydrogen-bond acceptors (Lipinski definition) is 7. The molecule has 1 N–H and O–H groups in total. The molecule has 1 aliphatic heterocycles. The number of aliphatic hydroxyl groups is 1. The van der Waals surface area contributed by atoms with Gasteiger partial charge in [-0.05, 0) is 48.0 Å².